The van der Waals surface area contributed by atoms with Crippen molar-refractivity contribution in [2.45, 2.75) is 31.9 Å². The Morgan fingerprint density at radius 2 is 2.19 bits per heavy atom. The first-order valence-electron chi connectivity index (χ1n) is 7.69. The largest absolute Gasteiger partial charge is 0.485 e. The van der Waals surface area contributed by atoms with Crippen molar-refractivity contribution in [3.8, 4) is 11.5 Å². The molecule has 1 aromatic rings. The Kier molecular flexibility index (Phi) is 4.29. The predicted octanol–water partition coefficient (Wildman–Crippen LogP) is 1.43. The number of hydrogen-bond donors (Lipinski definition) is 1. The van der Waals surface area contributed by atoms with E-state index in [0.29, 0.717) is 11.5 Å². The first kappa shape index (κ1) is 14.2. The highest BCUT2D eigenvalue weighted by Crippen LogP contribution is 2.31. The van der Waals surface area contributed by atoms with Gasteiger partial charge in [0.15, 0.2) is 11.5 Å². The van der Waals surface area contributed by atoms with E-state index in [9.17, 15) is 4.79 Å². The minimum absolute atomic E-state index is 0.0417. The number of carbonyl (C=O) groups is 1. The van der Waals surface area contributed by atoms with Crippen LogP contribution in [0.15, 0.2) is 24.3 Å². The van der Waals surface area contributed by atoms with E-state index in [2.05, 4.69) is 12.2 Å². The highest BCUT2D eigenvalue weighted by molar-refractivity contribution is 5.82. The summed E-state index contributed by atoms with van der Waals surface area (Å²) in [7, 11) is 0. The molecular weight excluding hydrogens is 268 g/mol. The highest BCUT2D eigenvalue weighted by Gasteiger charge is 2.34. The van der Waals surface area contributed by atoms with E-state index in [1.807, 2.05) is 29.2 Å². The molecule has 3 rings (SSSR count). The van der Waals surface area contributed by atoms with Crippen LogP contribution in [0.3, 0.4) is 0 Å². The molecule has 1 aromatic carbocycles. The normalized spacial score (nSPS) is 23.9. The average Bonchev–Trinajstić information content (AvgIpc) is 3.05. The maximum atomic E-state index is 12.8. The standard InChI is InChI=1S/C16H22N2O3/c1-2-9-18(12-7-8-17-10-12)16(19)15-11-20-13-5-3-4-6-14(13)21-15/h3-6,12,15,17H,2,7-11H2,1H3. The van der Waals surface area contributed by atoms with Crippen molar-refractivity contribution in [3.05, 3.63) is 24.3 Å². The third-order valence-corrected chi connectivity index (χ3v) is 4.01. The molecule has 2 aliphatic rings. The van der Waals surface area contributed by atoms with Crippen LogP contribution in [0.2, 0.25) is 0 Å². The summed E-state index contributed by atoms with van der Waals surface area (Å²) < 4.78 is 11.5. The van der Waals surface area contributed by atoms with Gasteiger partial charge in [-0.2, -0.15) is 0 Å². The lowest BCUT2D eigenvalue weighted by Crippen LogP contribution is -2.51. The Balaban J connectivity index is 1.71. The number of carbonyl (C=O) groups excluding carboxylic acids is 1. The van der Waals surface area contributed by atoms with E-state index in [-0.39, 0.29) is 18.6 Å². The molecule has 0 spiro atoms. The van der Waals surface area contributed by atoms with Crippen LogP contribution in [0.4, 0.5) is 0 Å². The summed E-state index contributed by atoms with van der Waals surface area (Å²) in [5.41, 5.74) is 0. The Morgan fingerprint density at radius 3 is 2.90 bits per heavy atom. The second kappa shape index (κ2) is 6.35. The quantitative estimate of drug-likeness (QED) is 0.911. The van der Waals surface area contributed by atoms with Gasteiger partial charge in [0, 0.05) is 19.1 Å². The summed E-state index contributed by atoms with van der Waals surface area (Å²) in [6.45, 7) is 5.00. The van der Waals surface area contributed by atoms with Gasteiger partial charge in [-0.3, -0.25) is 4.79 Å². The number of nitrogens with zero attached hydrogens (tertiary/aromatic N) is 1. The Labute approximate surface area is 125 Å². The van der Waals surface area contributed by atoms with Crippen molar-refractivity contribution >= 4 is 5.91 Å². The number of rotatable bonds is 4. The first-order chi connectivity index (χ1) is 10.3. The third kappa shape index (κ3) is 2.97. The van der Waals surface area contributed by atoms with Crippen molar-refractivity contribution in [2.24, 2.45) is 0 Å². The van der Waals surface area contributed by atoms with Crippen molar-refractivity contribution < 1.29 is 14.3 Å². The summed E-state index contributed by atoms with van der Waals surface area (Å²) in [4.78, 5) is 14.7. The zero-order valence-electron chi connectivity index (χ0n) is 12.4. The molecule has 21 heavy (non-hydrogen) atoms. The zero-order chi connectivity index (χ0) is 14.7. The maximum Gasteiger partial charge on any atom is 0.267 e. The predicted molar refractivity (Wildman–Crippen MR) is 79.6 cm³/mol. The van der Waals surface area contributed by atoms with E-state index >= 15 is 0 Å². The topological polar surface area (TPSA) is 50.8 Å². The van der Waals surface area contributed by atoms with Crippen molar-refractivity contribution in [1.29, 1.82) is 0 Å². The van der Waals surface area contributed by atoms with E-state index in [0.717, 1.165) is 32.5 Å². The fraction of sp³-hybridized carbons (Fsp3) is 0.562. The SMILES string of the molecule is CCCN(C(=O)C1COc2ccccc2O1)C1CCNC1. The maximum absolute atomic E-state index is 12.8. The number of benzene rings is 1. The van der Waals surface area contributed by atoms with E-state index < -0.39 is 6.10 Å². The van der Waals surface area contributed by atoms with Gasteiger partial charge in [0.05, 0.1) is 0 Å². The smallest absolute Gasteiger partial charge is 0.267 e. The Morgan fingerprint density at radius 1 is 1.38 bits per heavy atom. The van der Waals surface area contributed by atoms with Gasteiger partial charge in [0.2, 0.25) is 6.10 Å². The molecule has 5 nitrogen and oxygen atoms in total. The molecule has 1 N–H and O–H groups in total. The molecule has 0 saturated carbocycles. The number of para-hydroxylation sites is 2. The summed E-state index contributed by atoms with van der Waals surface area (Å²) in [5, 5.41) is 3.32. The minimum Gasteiger partial charge on any atom is -0.485 e. The zero-order valence-corrected chi connectivity index (χ0v) is 12.4. The van der Waals surface area contributed by atoms with Crippen molar-refractivity contribution in [2.75, 3.05) is 26.2 Å². The third-order valence-electron chi connectivity index (χ3n) is 4.01. The lowest BCUT2D eigenvalue weighted by Gasteiger charge is -2.33. The lowest BCUT2D eigenvalue weighted by atomic mass is 10.1. The molecule has 2 heterocycles. The number of fused-ring (bicyclic) bond motifs is 1. The molecule has 2 atom stereocenters. The van der Waals surface area contributed by atoms with E-state index in [4.69, 9.17) is 9.47 Å². The molecular formula is C16H22N2O3. The lowest BCUT2D eigenvalue weighted by molar-refractivity contribution is -0.143. The molecule has 0 aromatic heterocycles. The monoisotopic (exact) mass is 290 g/mol. The van der Waals surface area contributed by atoms with Gasteiger partial charge in [-0.25, -0.2) is 0 Å². The molecule has 114 valence electrons. The molecule has 0 aliphatic carbocycles. The molecule has 1 saturated heterocycles. The number of hydrogen-bond acceptors (Lipinski definition) is 4. The van der Waals surface area contributed by atoms with Crippen LogP contribution in [-0.2, 0) is 4.79 Å². The second-order valence-corrected chi connectivity index (χ2v) is 5.54. The molecule has 1 fully saturated rings. The van der Waals surface area contributed by atoms with Crippen LogP contribution in [0, 0.1) is 0 Å². The number of ether oxygens (including phenoxy) is 2. The molecule has 2 aliphatic heterocycles. The van der Waals surface area contributed by atoms with Gasteiger partial charge in [-0.1, -0.05) is 19.1 Å². The Hall–Kier alpha value is -1.75. The van der Waals surface area contributed by atoms with Crippen LogP contribution < -0.4 is 14.8 Å². The highest BCUT2D eigenvalue weighted by atomic mass is 16.6. The summed E-state index contributed by atoms with van der Waals surface area (Å²) in [6, 6.07) is 7.77. The summed E-state index contributed by atoms with van der Waals surface area (Å²) in [5.74, 6) is 1.41. The fourth-order valence-corrected chi connectivity index (χ4v) is 2.95. The molecule has 1 amide bonds. The van der Waals surface area contributed by atoms with Crippen LogP contribution in [0.1, 0.15) is 19.8 Å². The van der Waals surface area contributed by atoms with Crippen LogP contribution >= 0.6 is 0 Å². The fourth-order valence-electron chi connectivity index (χ4n) is 2.95. The molecule has 2 unspecified atom stereocenters. The van der Waals surface area contributed by atoms with Gasteiger partial charge < -0.3 is 19.7 Å². The average molecular weight is 290 g/mol. The van der Waals surface area contributed by atoms with Gasteiger partial charge in [-0.05, 0) is 31.5 Å². The second-order valence-electron chi connectivity index (χ2n) is 5.54. The first-order valence-corrected chi connectivity index (χ1v) is 7.69. The Bertz CT molecular complexity index is 500. The van der Waals surface area contributed by atoms with Crippen molar-refractivity contribution in [1.82, 2.24) is 10.2 Å². The molecule has 0 radical (unpaired) electrons. The summed E-state index contributed by atoms with van der Waals surface area (Å²) >= 11 is 0. The molecule has 0 bridgehead atoms. The summed E-state index contributed by atoms with van der Waals surface area (Å²) in [6.07, 6.45) is 1.43. The van der Waals surface area contributed by atoms with E-state index in [1.165, 1.54) is 0 Å². The van der Waals surface area contributed by atoms with Gasteiger partial charge in [0.1, 0.15) is 6.61 Å². The van der Waals surface area contributed by atoms with E-state index in [1.54, 1.807) is 0 Å². The van der Waals surface area contributed by atoms with Gasteiger partial charge >= 0.3 is 0 Å². The van der Waals surface area contributed by atoms with Crippen molar-refractivity contribution in [3.63, 3.8) is 0 Å². The van der Waals surface area contributed by atoms with Crippen LogP contribution in [0.25, 0.3) is 0 Å². The van der Waals surface area contributed by atoms with Crippen LogP contribution in [-0.4, -0.2) is 49.2 Å². The minimum atomic E-state index is -0.535. The number of amides is 1. The number of nitrogens with one attached hydrogen (secondary N) is 1. The molecule has 5 heteroatoms. The van der Waals surface area contributed by atoms with Crippen LogP contribution in [0.5, 0.6) is 11.5 Å². The van der Waals surface area contributed by atoms with Gasteiger partial charge in [-0.15, -0.1) is 0 Å². The van der Waals surface area contributed by atoms with Gasteiger partial charge in [0.25, 0.3) is 5.91 Å².